The van der Waals surface area contributed by atoms with Crippen molar-refractivity contribution in [2.45, 2.75) is 33.1 Å². The van der Waals surface area contributed by atoms with Crippen LogP contribution in [0.3, 0.4) is 0 Å². The Morgan fingerprint density at radius 3 is 2.09 bits per heavy atom. The predicted molar refractivity (Wildman–Crippen MR) is 98.4 cm³/mol. The van der Waals surface area contributed by atoms with Crippen molar-refractivity contribution in [2.75, 3.05) is 17.3 Å². The summed E-state index contributed by atoms with van der Waals surface area (Å²) in [5.74, 6) is -0.0195. The number of hydrogen-bond acceptors (Lipinski definition) is 1. The third kappa shape index (κ3) is 4.35. The number of amides is 1. The van der Waals surface area contributed by atoms with Gasteiger partial charge in [0.1, 0.15) is 5.88 Å². The van der Waals surface area contributed by atoms with Gasteiger partial charge in [-0.05, 0) is 36.0 Å². The molecule has 0 bridgehead atoms. The van der Waals surface area contributed by atoms with E-state index < -0.39 is 0 Å². The predicted octanol–water partition coefficient (Wildman–Crippen LogP) is 4.63. The second-order valence-electron chi connectivity index (χ2n) is 5.55. The van der Waals surface area contributed by atoms with Crippen molar-refractivity contribution in [3.8, 4) is 0 Å². The van der Waals surface area contributed by atoms with E-state index in [-0.39, 0.29) is 11.8 Å². The molecule has 0 heterocycles. The zero-order chi connectivity index (χ0) is 16.7. The molecular formula is C20H24ClNO. The minimum absolute atomic E-state index is 0.00991. The molecule has 2 rings (SSSR count). The van der Waals surface area contributed by atoms with E-state index >= 15 is 0 Å². The van der Waals surface area contributed by atoms with Gasteiger partial charge in [-0.2, -0.15) is 0 Å². The van der Waals surface area contributed by atoms with Gasteiger partial charge < -0.3 is 4.90 Å². The summed E-state index contributed by atoms with van der Waals surface area (Å²) in [7, 11) is 0. The molecule has 0 unspecified atom stereocenters. The molecule has 0 saturated carbocycles. The summed E-state index contributed by atoms with van der Waals surface area (Å²) < 4.78 is 0. The van der Waals surface area contributed by atoms with Crippen LogP contribution in [0.4, 0.5) is 5.69 Å². The average molecular weight is 330 g/mol. The van der Waals surface area contributed by atoms with Crippen LogP contribution < -0.4 is 4.90 Å². The van der Waals surface area contributed by atoms with Crippen molar-refractivity contribution < 1.29 is 4.79 Å². The SMILES string of the molecule is CCc1cccc(CC)c1N(CCc1ccccc1)C(=O)CCl. The largest absolute Gasteiger partial charge is 0.311 e. The molecule has 0 atom stereocenters. The molecule has 2 nitrogen and oxygen atoms in total. The quantitative estimate of drug-likeness (QED) is 0.678. The van der Waals surface area contributed by atoms with Gasteiger partial charge in [0, 0.05) is 6.54 Å². The lowest BCUT2D eigenvalue weighted by Gasteiger charge is -2.27. The van der Waals surface area contributed by atoms with Gasteiger partial charge >= 0.3 is 0 Å². The van der Waals surface area contributed by atoms with E-state index in [0.717, 1.165) is 24.9 Å². The Morgan fingerprint density at radius 2 is 1.57 bits per heavy atom. The molecule has 23 heavy (non-hydrogen) atoms. The van der Waals surface area contributed by atoms with E-state index in [4.69, 9.17) is 11.6 Å². The standard InChI is InChI=1S/C20H24ClNO/c1-3-17-11-8-12-18(4-2)20(17)22(19(23)15-21)14-13-16-9-6-5-7-10-16/h5-12H,3-4,13-15H2,1-2H3. The second kappa shape index (κ2) is 8.73. The third-order valence-electron chi connectivity index (χ3n) is 4.12. The number of rotatable bonds is 7. The van der Waals surface area contributed by atoms with E-state index in [2.05, 4.69) is 44.2 Å². The zero-order valence-electron chi connectivity index (χ0n) is 13.9. The van der Waals surface area contributed by atoms with Gasteiger partial charge in [0.25, 0.3) is 0 Å². The Kier molecular flexibility index (Phi) is 6.66. The first-order valence-electron chi connectivity index (χ1n) is 8.22. The van der Waals surface area contributed by atoms with Crippen LogP contribution in [0.1, 0.15) is 30.5 Å². The van der Waals surface area contributed by atoms with Crippen LogP contribution in [0.15, 0.2) is 48.5 Å². The van der Waals surface area contributed by atoms with E-state index in [0.29, 0.717) is 6.54 Å². The minimum Gasteiger partial charge on any atom is -0.311 e. The van der Waals surface area contributed by atoms with Crippen LogP contribution >= 0.6 is 11.6 Å². The molecule has 0 aliphatic carbocycles. The molecular weight excluding hydrogens is 306 g/mol. The zero-order valence-corrected chi connectivity index (χ0v) is 14.6. The van der Waals surface area contributed by atoms with Crippen LogP contribution in [0, 0.1) is 0 Å². The maximum absolute atomic E-state index is 12.5. The second-order valence-corrected chi connectivity index (χ2v) is 5.81. The van der Waals surface area contributed by atoms with Crippen LogP contribution in [0.5, 0.6) is 0 Å². The maximum atomic E-state index is 12.5. The summed E-state index contributed by atoms with van der Waals surface area (Å²) in [5.41, 5.74) is 4.69. The highest BCUT2D eigenvalue weighted by Crippen LogP contribution is 2.27. The van der Waals surface area contributed by atoms with E-state index in [1.807, 2.05) is 23.1 Å². The van der Waals surface area contributed by atoms with Crippen molar-refractivity contribution in [3.05, 3.63) is 65.2 Å². The van der Waals surface area contributed by atoms with Crippen molar-refractivity contribution in [1.82, 2.24) is 0 Å². The van der Waals surface area contributed by atoms with Crippen molar-refractivity contribution in [3.63, 3.8) is 0 Å². The fourth-order valence-electron chi connectivity index (χ4n) is 2.88. The molecule has 0 N–H and O–H groups in total. The molecule has 0 aliphatic rings. The maximum Gasteiger partial charge on any atom is 0.241 e. The van der Waals surface area contributed by atoms with Gasteiger partial charge in [0.15, 0.2) is 0 Å². The first-order chi connectivity index (χ1) is 11.2. The first-order valence-corrected chi connectivity index (χ1v) is 8.75. The molecule has 0 aliphatic heterocycles. The molecule has 2 aromatic carbocycles. The van der Waals surface area contributed by atoms with Gasteiger partial charge in [0.2, 0.25) is 5.91 Å². The van der Waals surface area contributed by atoms with Gasteiger partial charge in [-0.15, -0.1) is 11.6 Å². The van der Waals surface area contributed by atoms with Gasteiger partial charge in [-0.3, -0.25) is 4.79 Å². The number of carbonyl (C=O) groups excluding carboxylic acids is 1. The molecule has 122 valence electrons. The van der Waals surface area contributed by atoms with Crippen molar-refractivity contribution >= 4 is 23.2 Å². The molecule has 3 heteroatoms. The number of aryl methyl sites for hydroxylation is 2. The number of anilines is 1. The highest BCUT2D eigenvalue weighted by atomic mass is 35.5. The third-order valence-corrected chi connectivity index (χ3v) is 4.35. The Balaban J connectivity index is 2.33. The van der Waals surface area contributed by atoms with E-state index in [1.54, 1.807) is 0 Å². The summed E-state index contributed by atoms with van der Waals surface area (Å²) in [6, 6.07) is 16.5. The number of carbonyl (C=O) groups is 1. The molecule has 1 amide bonds. The van der Waals surface area contributed by atoms with Crippen LogP contribution in [-0.2, 0) is 24.1 Å². The Bertz CT molecular complexity index is 617. The fourth-order valence-corrected chi connectivity index (χ4v) is 3.03. The van der Waals surface area contributed by atoms with Gasteiger partial charge in [-0.25, -0.2) is 0 Å². The number of benzene rings is 2. The highest BCUT2D eigenvalue weighted by Gasteiger charge is 2.20. The Labute approximate surface area is 144 Å². The molecule has 0 spiro atoms. The highest BCUT2D eigenvalue weighted by molar-refractivity contribution is 6.29. The number of nitrogens with zero attached hydrogens (tertiary/aromatic N) is 1. The number of halogens is 1. The molecule has 0 fully saturated rings. The Morgan fingerprint density at radius 1 is 0.957 bits per heavy atom. The Hall–Kier alpha value is -1.80. The summed E-state index contributed by atoms with van der Waals surface area (Å²) >= 11 is 5.88. The normalized spacial score (nSPS) is 10.6. The van der Waals surface area contributed by atoms with Crippen LogP contribution in [0.25, 0.3) is 0 Å². The topological polar surface area (TPSA) is 20.3 Å². The minimum atomic E-state index is -0.0294. The van der Waals surface area contributed by atoms with Crippen molar-refractivity contribution in [1.29, 1.82) is 0 Å². The first kappa shape index (κ1) is 17.6. The average Bonchev–Trinajstić information content (AvgIpc) is 2.62. The lowest BCUT2D eigenvalue weighted by Crippen LogP contribution is -2.35. The fraction of sp³-hybridized carbons (Fsp3) is 0.350. The lowest BCUT2D eigenvalue weighted by molar-refractivity contribution is -0.116. The lowest BCUT2D eigenvalue weighted by atomic mass is 10.0. The van der Waals surface area contributed by atoms with E-state index in [9.17, 15) is 4.79 Å². The monoisotopic (exact) mass is 329 g/mol. The molecule has 2 aromatic rings. The van der Waals surface area contributed by atoms with Crippen LogP contribution in [0.2, 0.25) is 0 Å². The van der Waals surface area contributed by atoms with Gasteiger partial charge in [0.05, 0.1) is 5.69 Å². The summed E-state index contributed by atoms with van der Waals surface area (Å²) in [6.45, 7) is 4.90. The van der Waals surface area contributed by atoms with Crippen LogP contribution in [-0.4, -0.2) is 18.3 Å². The summed E-state index contributed by atoms with van der Waals surface area (Å²) in [6.07, 6.45) is 2.63. The van der Waals surface area contributed by atoms with E-state index in [1.165, 1.54) is 16.7 Å². The molecule has 0 aromatic heterocycles. The summed E-state index contributed by atoms with van der Waals surface area (Å²) in [4.78, 5) is 14.3. The van der Waals surface area contributed by atoms with Gasteiger partial charge in [-0.1, -0.05) is 62.4 Å². The molecule has 0 saturated heterocycles. The smallest absolute Gasteiger partial charge is 0.241 e. The number of alkyl halides is 1. The number of hydrogen-bond donors (Lipinski definition) is 0. The summed E-state index contributed by atoms with van der Waals surface area (Å²) in [5, 5.41) is 0. The van der Waals surface area contributed by atoms with Crippen molar-refractivity contribution in [2.24, 2.45) is 0 Å². The molecule has 0 radical (unpaired) electrons. The number of para-hydroxylation sites is 1.